The van der Waals surface area contributed by atoms with E-state index >= 15 is 0 Å². The van der Waals surface area contributed by atoms with Crippen LogP contribution in [0.25, 0.3) is 10.9 Å². The fraction of sp³-hybridized carbons (Fsp3) is 0.200. The minimum absolute atomic E-state index is 0.337. The number of H-pyrrole nitrogens is 1. The smallest absolute Gasteiger partial charge is 0.191 e. The van der Waals surface area contributed by atoms with Crippen molar-refractivity contribution in [3.8, 4) is 5.75 Å². The Hall–Kier alpha value is -1.58. The van der Waals surface area contributed by atoms with Gasteiger partial charge in [-0.3, -0.25) is 0 Å². The summed E-state index contributed by atoms with van der Waals surface area (Å²) in [5.41, 5.74) is 1.23. The highest BCUT2D eigenvalue weighted by atomic mass is 19.1. The Morgan fingerprint density at radius 2 is 2.00 bits per heavy atom. The van der Waals surface area contributed by atoms with Gasteiger partial charge in [-0.15, -0.1) is 0 Å². The highest BCUT2D eigenvalue weighted by molar-refractivity contribution is 5.82. The third kappa shape index (κ3) is 1.14. The largest absolute Gasteiger partial charge is 0.491 e. The number of halogens is 2. The third-order valence-corrected chi connectivity index (χ3v) is 2.11. The van der Waals surface area contributed by atoms with E-state index in [2.05, 4.69) is 9.72 Å². The molecule has 0 atom stereocenters. The average molecular weight is 197 g/mol. The van der Waals surface area contributed by atoms with Gasteiger partial charge in [0.25, 0.3) is 0 Å². The van der Waals surface area contributed by atoms with Crippen molar-refractivity contribution in [2.24, 2.45) is 0 Å². The van der Waals surface area contributed by atoms with Crippen LogP contribution in [0.1, 0.15) is 5.69 Å². The van der Waals surface area contributed by atoms with Gasteiger partial charge in [0.2, 0.25) is 0 Å². The molecular weight excluding hydrogens is 188 g/mol. The van der Waals surface area contributed by atoms with Crippen LogP contribution in [0.4, 0.5) is 8.78 Å². The number of methoxy groups -OCH3 is 1. The number of rotatable bonds is 1. The van der Waals surface area contributed by atoms with E-state index in [0.717, 1.165) is 5.69 Å². The predicted molar refractivity (Wildman–Crippen MR) is 49.5 cm³/mol. The highest BCUT2D eigenvalue weighted by Crippen LogP contribution is 2.29. The molecule has 0 spiro atoms. The fourth-order valence-corrected chi connectivity index (χ4v) is 1.51. The zero-order valence-electron chi connectivity index (χ0n) is 7.82. The number of hydrogen-bond acceptors (Lipinski definition) is 1. The van der Waals surface area contributed by atoms with Gasteiger partial charge in [-0.1, -0.05) is 0 Å². The van der Waals surface area contributed by atoms with Gasteiger partial charge in [-0.2, -0.15) is 0 Å². The predicted octanol–water partition coefficient (Wildman–Crippen LogP) is 2.76. The summed E-state index contributed by atoms with van der Waals surface area (Å²) in [5, 5.41) is 0.348. The van der Waals surface area contributed by atoms with E-state index in [4.69, 9.17) is 0 Å². The zero-order valence-corrected chi connectivity index (χ0v) is 7.82. The van der Waals surface area contributed by atoms with Crippen LogP contribution in [-0.4, -0.2) is 12.1 Å². The standard InChI is InChI=1S/C10H9F2NO/c1-5-3-6-8(13-5)4-7(11)10(14-2)9(6)12/h3-4,13H,1-2H3. The summed E-state index contributed by atoms with van der Waals surface area (Å²) in [4.78, 5) is 2.86. The lowest BCUT2D eigenvalue weighted by Crippen LogP contribution is -1.92. The lowest BCUT2D eigenvalue weighted by molar-refractivity contribution is 0.362. The minimum atomic E-state index is -0.695. The van der Waals surface area contributed by atoms with Gasteiger partial charge in [0.1, 0.15) is 0 Å². The highest BCUT2D eigenvalue weighted by Gasteiger charge is 2.15. The Labute approximate surface area is 79.5 Å². The number of benzene rings is 1. The molecule has 0 saturated carbocycles. The molecule has 1 N–H and O–H groups in total. The molecule has 1 heterocycles. The second-order valence-corrected chi connectivity index (χ2v) is 3.12. The van der Waals surface area contributed by atoms with Crippen molar-refractivity contribution in [3.05, 3.63) is 29.5 Å². The minimum Gasteiger partial charge on any atom is -0.491 e. The molecule has 2 aromatic rings. The molecule has 0 aliphatic heterocycles. The zero-order chi connectivity index (χ0) is 10.3. The van der Waals surface area contributed by atoms with Crippen molar-refractivity contribution >= 4 is 10.9 Å². The number of ether oxygens (including phenoxy) is 1. The Morgan fingerprint density at radius 3 is 2.64 bits per heavy atom. The fourth-order valence-electron chi connectivity index (χ4n) is 1.51. The quantitative estimate of drug-likeness (QED) is 0.747. The van der Waals surface area contributed by atoms with Crippen LogP contribution in [0.3, 0.4) is 0 Å². The normalized spacial score (nSPS) is 10.9. The van der Waals surface area contributed by atoms with Crippen LogP contribution in [0, 0.1) is 18.6 Å². The van der Waals surface area contributed by atoms with Crippen molar-refractivity contribution < 1.29 is 13.5 Å². The van der Waals surface area contributed by atoms with Crippen LogP contribution in [0.5, 0.6) is 5.75 Å². The van der Waals surface area contributed by atoms with E-state index in [9.17, 15) is 8.78 Å². The first kappa shape index (κ1) is 8.99. The molecular formula is C10H9F2NO. The Balaban J connectivity index is 2.84. The van der Waals surface area contributed by atoms with Crippen molar-refractivity contribution in [1.82, 2.24) is 4.98 Å². The van der Waals surface area contributed by atoms with Gasteiger partial charge in [0, 0.05) is 17.1 Å². The Bertz CT molecular complexity index is 490. The maximum absolute atomic E-state index is 13.6. The summed E-state index contributed by atoms with van der Waals surface area (Å²) in [6.45, 7) is 1.78. The number of fused-ring (bicyclic) bond motifs is 1. The molecule has 1 aromatic carbocycles. The lowest BCUT2D eigenvalue weighted by atomic mass is 10.2. The van der Waals surface area contributed by atoms with Crippen LogP contribution >= 0.6 is 0 Å². The van der Waals surface area contributed by atoms with Gasteiger partial charge in [0.15, 0.2) is 17.4 Å². The third-order valence-electron chi connectivity index (χ3n) is 2.11. The molecule has 0 radical (unpaired) electrons. The molecule has 4 heteroatoms. The van der Waals surface area contributed by atoms with Crippen LogP contribution in [-0.2, 0) is 0 Å². The number of aromatic nitrogens is 1. The number of hydrogen-bond donors (Lipinski definition) is 1. The monoisotopic (exact) mass is 197 g/mol. The van der Waals surface area contributed by atoms with E-state index in [-0.39, 0.29) is 5.75 Å². The van der Waals surface area contributed by atoms with E-state index < -0.39 is 11.6 Å². The maximum atomic E-state index is 13.6. The molecule has 2 rings (SSSR count). The first-order valence-corrected chi connectivity index (χ1v) is 4.15. The van der Waals surface area contributed by atoms with E-state index in [1.165, 1.54) is 13.2 Å². The van der Waals surface area contributed by atoms with Gasteiger partial charge in [-0.05, 0) is 13.0 Å². The summed E-state index contributed by atoms with van der Waals surface area (Å²) in [6.07, 6.45) is 0. The van der Waals surface area contributed by atoms with Crippen molar-refractivity contribution in [1.29, 1.82) is 0 Å². The molecule has 14 heavy (non-hydrogen) atoms. The van der Waals surface area contributed by atoms with Gasteiger partial charge in [-0.25, -0.2) is 8.78 Å². The van der Waals surface area contributed by atoms with E-state index in [1.54, 1.807) is 13.0 Å². The molecule has 0 amide bonds. The average Bonchev–Trinajstić information content (AvgIpc) is 2.47. The Morgan fingerprint density at radius 1 is 1.29 bits per heavy atom. The first-order chi connectivity index (χ1) is 6.63. The molecule has 0 saturated heterocycles. The van der Waals surface area contributed by atoms with Gasteiger partial charge in [0.05, 0.1) is 12.6 Å². The summed E-state index contributed by atoms with van der Waals surface area (Å²) in [7, 11) is 1.24. The first-order valence-electron chi connectivity index (χ1n) is 4.15. The Kier molecular flexibility index (Phi) is 1.91. The molecule has 74 valence electrons. The number of nitrogens with one attached hydrogen (secondary N) is 1. The number of aryl methyl sites for hydroxylation is 1. The summed E-state index contributed by atoms with van der Waals surface area (Å²) >= 11 is 0. The molecule has 2 nitrogen and oxygen atoms in total. The molecule has 0 unspecified atom stereocenters. The summed E-state index contributed by atoms with van der Waals surface area (Å²) in [5.74, 6) is -1.69. The van der Waals surface area contributed by atoms with Crippen LogP contribution in [0.2, 0.25) is 0 Å². The van der Waals surface area contributed by atoms with Crippen LogP contribution < -0.4 is 4.74 Å². The summed E-state index contributed by atoms with van der Waals surface area (Å²) < 4.78 is 31.4. The van der Waals surface area contributed by atoms with Crippen molar-refractivity contribution in [2.75, 3.05) is 7.11 Å². The number of aromatic amines is 1. The molecule has 1 aromatic heterocycles. The lowest BCUT2D eigenvalue weighted by Gasteiger charge is -2.03. The second kappa shape index (κ2) is 2.97. The van der Waals surface area contributed by atoms with E-state index in [0.29, 0.717) is 10.9 Å². The van der Waals surface area contributed by atoms with Crippen LogP contribution in [0.15, 0.2) is 12.1 Å². The second-order valence-electron chi connectivity index (χ2n) is 3.12. The molecule has 0 bridgehead atoms. The van der Waals surface area contributed by atoms with E-state index in [1.807, 2.05) is 0 Å². The molecule has 0 aliphatic carbocycles. The topological polar surface area (TPSA) is 25.0 Å². The molecule has 0 fully saturated rings. The maximum Gasteiger partial charge on any atom is 0.191 e. The van der Waals surface area contributed by atoms with Gasteiger partial charge < -0.3 is 9.72 Å². The van der Waals surface area contributed by atoms with Gasteiger partial charge >= 0.3 is 0 Å². The molecule has 0 aliphatic rings. The van der Waals surface area contributed by atoms with Crippen molar-refractivity contribution in [2.45, 2.75) is 6.92 Å². The summed E-state index contributed by atoms with van der Waals surface area (Å²) in [6, 6.07) is 2.84. The SMILES string of the molecule is COc1c(F)cc2[nH]c(C)cc2c1F. The van der Waals surface area contributed by atoms with Crippen molar-refractivity contribution in [3.63, 3.8) is 0 Å².